The molecule has 1 N–H and O–H groups in total. The van der Waals surface area contributed by atoms with Crippen molar-refractivity contribution in [3.05, 3.63) is 36.1 Å². The molecule has 2 heterocycles. The van der Waals surface area contributed by atoms with Crippen LogP contribution in [0.5, 0.6) is 0 Å². The first-order valence-electron chi connectivity index (χ1n) is 6.73. The van der Waals surface area contributed by atoms with E-state index in [1.165, 1.54) is 24.8 Å². The third kappa shape index (κ3) is 2.28. The van der Waals surface area contributed by atoms with E-state index in [9.17, 15) is 0 Å². The van der Waals surface area contributed by atoms with Crippen molar-refractivity contribution in [3.63, 3.8) is 0 Å². The second-order valence-corrected chi connectivity index (χ2v) is 5.07. The largest absolute Gasteiger partial charge is 0.460 e. The van der Waals surface area contributed by atoms with Gasteiger partial charge in [0.1, 0.15) is 11.3 Å². The monoisotopic (exact) mass is 244 g/mol. The molecule has 0 bridgehead atoms. The van der Waals surface area contributed by atoms with Gasteiger partial charge in [-0.05, 0) is 38.6 Å². The number of furan rings is 1. The van der Waals surface area contributed by atoms with Crippen LogP contribution in [0.4, 0.5) is 0 Å². The molecule has 1 saturated heterocycles. The van der Waals surface area contributed by atoms with E-state index in [-0.39, 0.29) is 0 Å². The molecule has 0 radical (unpaired) electrons. The van der Waals surface area contributed by atoms with Crippen LogP contribution in [0.2, 0.25) is 0 Å². The quantitative estimate of drug-likeness (QED) is 0.896. The molecule has 0 amide bonds. The Bertz CT molecular complexity index is 487. The summed E-state index contributed by atoms with van der Waals surface area (Å²) < 4.78 is 5.89. The summed E-state index contributed by atoms with van der Waals surface area (Å²) in [6, 6.07) is 11.1. The van der Waals surface area contributed by atoms with Crippen molar-refractivity contribution >= 4 is 11.0 Å². The highest BCUT2D eigenvalue weighted by Gasteiger charge is 2.24. The Morgan fingerprint density at radius 1 is 1.39 bits per heavy atom. The Morgan fingerprint density at radius 2 is 2.28 bits per heavy atom. The Labute approximate surface area is 108 Å². The molecule has 2 aromatic rings. The van der Waals surface area contributed by atoms with E-state index in [4.69, 9.17) is 4.42 Å². The van der Waals surface area contributed by atoms with Gasteiger partial charge in [0, 0.05) is 18.0 Å². The molecule has 3 rings (SSSR count). The summed E-state index contributed by atoms with van der Waals surface area (Å²) in [4.78, 5) is 2.52. The average Bonchev–Trinajstić information content (AvgIpc) is 2.97. The minimum Gasteiger partial charge on any atom is -0.460 e. The number of nitrogens with zero attached hydrogens (tertiary/aromatic N) is 1. The van der Waals surface area contributed by atoms with Crippen molar-refractivity contribution in [2.45, 2.75) is 25.4 Å². The van der Waals surface area contributed by atoms with Gasteiger partial charge in [-0.1, -0.05) is 18.2 Å². The summed E-state index contributed by atoms with van der Waals surface area (Å²) in [5, 5.41) is 4.49. The van der Waals surface area contributed by atoms with Crippen LogP contribution in [0.1, 0.15) is 18.6 Å². The summed E-state index contributed by atoms with van der Waals surface area (Å²) in [6.07, 6.45) is 2.59. The molecule has 3 heteroatoms. The van der Waals surface area contributed by atoms with Gasteiger partial charge < -0.3 is 9.73 Å². The van der Waals surface area contributed by atoms with Crippen molar-refractivity contribution in [1.29, 1.82) is 0 Å². The molecule has 18 heavy (non-hydrogen) atoms. The summed E-state index contributed by atoms with van der Waals surface area (Å²) in [5.74, 6) is 1.08. The van der Waals surface area contributed by atoms with Crippen LogP contribution in [0.25, 0.3) is 11.0 Å². The van der Waals surface area contributed by atoms with E-state index < -0.39 is 0 Å². The van der Waals surface area contributed by atoms with Gasteiger partial charge in [-0.2, -0.15) is 0 Å². The lowest BCUT2D eigenvalue weighted by molar-refractivity contribution is 0.225. The number of para-hydroxylation sites is 1. The fourth-order valence-electron chi connectivity index (χ4n) is 2.89. The molecule has 96 valence electrons. The summed E-state index contributed by atoms with van der Waals surface area (Å²) in [7, 11) is 2.03. The summed E-state index contributed by atoms with van der Waals surface area (Å²) in [6.45, 7) is 3.19. The number of likely N-dealkylation sites (tertiary alicyclic amines) is 1. The topological polar surface area (TPSA) is 28.4 Å². The van der Waals surface area contributed by atoms with E-state index in [0.29, 0.717) is 6.04 Å². The molecule has 1 aromatic heterocycles. The highest BCUT2D eigenvalue weighted by Crippen LogP contribution is 2.24. The molecule has 1 unspecified atom stereocenters. The molecule has 1 aliphatic heterocycles. The first-order chi connectivity index (χ1) is 8.86. The predicted molar refractivity (Wildman–Crippen MR) is 73.6 cm³/mol. The van der Waals surface area contributed by atoms with Gasteiger partial charge >= 0.3 is 0 Å². The lowest BCUT2D eigenvalue weighted by atomic mass is 10.2. The van der Waals surface area contributed by atoms with Crippen LogP contribution in [-0.4, -0.2) is 31.1 Å². The van der Waals surface area contributed by atoms with Crippen LogP contribution < -0.4 is 5.32 Å². The molecule has 0 saturated carbocycles. The second-order valence-electron chi connectivity index (χ2n) is 5.07. The number of likely N-dealkylation sites (N-methyl/N-ethyl adjacent to an activating group) is 1. The van der Waals surface area contributed by atoms with Crippen LogP contribution in [0.3, 0.4) is 0 Å². The Hall–Kier alpha value is -1.32. The molecule has 3 nitrogen and oxygen atoms in total. The molecular formula is C15H20N2O. The smallest absolute Gasteiger partial charge is 0.134 e. The SMILES string of the molecule is CNCC1CCCN1Cc1cc2ccccc2o1. The summed E-state index contributed by atoms with van der Waals surface area (Å²) >= 11 is 0. The fraction of sp³-hybridized carbons (Fsp3) is 0.467. The van der Waals surface area contributed by atoms with E-state index in [1.807, 2.05) is 19.2 Å². The highest BCUT2D eigenvalue weighted by molar-refractivity contribution is 5.77. The van der Waals surface area contributed by atoms with E-state index in [1.54, 1.807) is 0 Å². The number of fused-ring (bicyclic) bond motifs is 1. The molecule has 1 fully saturated rings. The number of nitrogens with one attached hydrogen (secondary N) is 1. The predicted octanol–water partition coefficient (Wildman–Crippen LogP) is 2.62. The molecular weight excluding hydrogens is 224 g/mol. The van der Waals surface area contributed by atoms with Gasteiger partial charge in [0.15, 0.2) is 0 Å². The van der Waals surface area contributed by atoms with E-state index >= 15 is 0 Å². The third-order valence-corrected chi connectivity index (χ3v) is 3.77. The van der Waals surface area contributed by atoms with Gasteiger partial charge in [0.05, 0.1) is 6.54 Å². The molecule has 1 aromatic carbocycles. The fourth-order valence-corrected chi connectivity index (χ4v) is 2.89. The number of hydrogen-bond acceptors (Lipinski definition) is 3. The number of benzene rings is 1. The Kier molecular flexibility index (Phi) is 3.35. The van der Waals surface area contributed by atoms with Crippen molar-refractivity contribution in [2.24, 2.45) is 0 Å². The molecule has 0 spiro atoms. The van der Waals surface area contributed by atoms with Gasteiger partial charge in [-0.3, -0.25) is 4.90 Å². The molecule has 1 aliphatic rings. The zero-order valence-corrected chi connectivity index (χ0v) is 10.9. The van der Waals surface area contributed by atoms with Crippen molar-refractivity contribution in [1.82, 2.24) is 10.2 Å². The highest BCUT2D eigenvalue weighted by atomic mass is 16.3. The first kappa shape index (κ1) is 11.8. The molecule has 0 aliphatic carbocycles. The zero-order chi connectivity index (χ0) is 12.4. The van der Waals surface area contributed by atoms with Crippen LogP contribution in [0.15, 0.2) is 34.7 Å². The lowest BCUT2D eigenvalue weighted by Gasteiger charge is -2.22. The lowest BCUT2D eigenvalue weighted by Crippen LogP contribution is -2.36. The number of hydrogen-bond donors (Lipinski definition) is 1. The van der Waals surface area contributed by atoms with Crippen LogP contribution in [0, 0.1) is 0 Å². The maximum Gasteiger partial charge on any atom is 0.134 e. The average molecular weight is 244 g/mol. The van der Waals surface area contributed by atoms with Crippen molar-refractivity contribution in [2.75, 3.05) is 20.1 Å². The van der Waals surface area contributed by atoms with Gasteiger partial charge in [-0.25, -0.2) is 0 Å². The maximum atomic E-state index is 5.89. The van der Waals surface area contributed by atoms with Gasteiger partial charge in [0.25, 0.3) is 0 Å². The zero-order valence-electron chi connectivity index (χ0n) is 10.9. The van der Waals surface area contributed by atoms with E-state index in [2.05, 4.69) is 28.4 Å². The van der Waals surface area contributed by atoms with Crippen LogP contribution >= 0.6 is 0 Å². The summed E-state index contributed by atoms with van der Waals surface area (Å²) in [5.41, 5.74) is 0.997. The Balaban J connectivity index is 1.75. The Morgan fingerprint density at radius 3 is 3.11 bits per heavy atom. The molecule has 1 atom stereocenters. The standard InChI is InChI=1S/C15H20N2O/c1-16-10-13-6-4-8-17(13)11-14-9-12-5-2-3-7-15(12)18-14/h2-3,5,7,9,13,16H,4,6,8,10-11H2,1H3. The number of rotatable bonds is 4. The second kappa shape index (κ2) is 5.12. The minimum absolute atomic E-state index is 0.656. The first-order valence-corrected chi connectivity index (χ1v) is 6.73. The van der Waals surface area contributed by atoms with Gasteiger partial charge in [0.2, 0.25) is 0 Å². The minimum atomic E-state index is 0.656. The maximum absolute atomic E-state index is 5.89. The van der Waals surface area contributed by atoms with Gasteiger partial charge in [-0.15, -0.1) is 0 Å². The normalized spacial score (nSPS) is 20.8. The van der Waals surface area contributed by atoms with Crippen molar-refractivity contribution in [3.8, 4) is 0 Å². The third-order valence-electron chi connectivity index (χ3n) is 3.77. The van der Waals surface area contributed by atoms with Crippen LogP contribution in [-0.2, 0) is 6.54 Å². The van der Waals surface area contributed by atoms with Crippen molar-refractivity contribution < 1.29 is 4.42 Å². The van der Waals surface area contributed by atoms with E-state index in [0.717, 1.165) is 24.4 Å².